The van der Waals surface area contributed by atoms with Gasteiger partial charge in [0, 0.05) is 34.7 Å². The van der Waals surface area contributed by atoms with Crippen LogP contribution in [0.1, 0.15) is 51.1 Å². The second kappa shape index (κ2) is 7.82. The van der Waals surface area contributed by atoms with E-state index in [1.54, 1.807) is 0 Å². The molecule has 1 unspecified atom stereocenters. The van der Waals surface area contributed by atoms with E-state index >= 15 is 0 Å². The van der Waals surface area contributed by atoms with E-state index in [2.05, 4.69) is 18.7 Å². The number of halogens is 2. The van der Waals surface area contributed by atoms with Gasteiger partial charge in [0.15, 0.2) is 0 Å². The molecule has 0 bridgehead atoms. The third-order valence-corrected chi connectivity index (χ3v) is 4.99. The lowest BCUT2D eigenvalue weighted by molar-refractivity contribution is 0.121. The third kappa shape index (κ3) is 4.13. The first-order valence-electron chi connectivity index (χ1n) is 7.94. The second-order valence-electron chi connectivity index (χ2n) is 6.42. The van der Waals surface area contributed by atoms with Crippen LogP contribution in [-0.2, 0) is 0 Å². The Morgan fingerprint density at radius 2 is 1.76 bits per heavy atom. The lowest BCUT2D eigenvalue weighted by atomic mass is 10.00. The molecule has 1 aromatic carbocycles. The van der Waals surface area contributed by atoms with Gasteiger partial charge in [-0.3, -0.25) is 4.90 Å². The molecule has 1 atom stereocenters. The van der Waals surface area contributed by atoms with Crippen LogP contribution in [0.2, 0.25) is 10.0 Å². The minimum absolute atomic E-state index is 0.108. The average molecular weight is 329 g/mol. The summed E-state index contributed by atoms with van der Waals surface area (Å²) in [5, 5.41) is 1.45. The van der Waals surface area contributed by atoms with Gasteiger partial charge in [0.1, 0.15) is 0 Å². The fourth-order valence-electron chi connectivity index (χ4n) is 3.44. The topological polar surface area (TPSA) is 29.3 Å². The molecule has 1 fully saturated rings. The highest BCUT2D eigenvalue weighted by atomic mass is 35.5. The van der Waals surface area contributed by atoms with E-state index in [0.717, 1.165) is 22.2 Å². The van der Waals surface area contributed by atoms with E-state index in [9.17, 15) is 0 Å². The number of nitrogens with two attached hydrogens (primary N) is 1. The molecule has 0 amide bonds. The first-order valence-corrected chi connectivity index (χ1v) is 8.70. The van der Waals surface area contributed by atoms with Crippen molar-refractivity contribution in [3.63, 3.8) is 0 Å². The molecule has 0 spiro atoms. The van der Waals surface area contributed by atoms with E-state index < -0.39 is 0 Å². The zero-order chi connectivity index (χ0) is 15.4. The van der Waals surface area contributed by atoms with Gasteiger partial charge in [-0.2, -0.15) is 0 Å². The zero-order valence-electron chi connectivity index (χ0n) is 13.0. The van der Waals surface area contributed by atoms with Crippen LogP contribution in [0.25, 0.3) is 0 Å². The molecule has 1 aliphatic rings. The number of nitrogens with zero attached hydrogens (tertiary/aromatic N) is 1. The second-order valence-corrected chi connectivity index (χ2v) is 7.23. The minimum Gasteiger partial charge on any atom is -0.329 e. The monoisotopic (exact) mass is 328 g/mol. The van der Waals surface area contributed by atoms with Gasteiger partial charge in [-0.25, -0.2) is 0 Å². The maximum absolute atomic E-state index is 6.42. The van der Waals surface area contributed by atoms with Crippen molar-refractivity contribution in [2.45, 2.75) is 51.6 Å². The van der Waals surface area contributed by atoms with Crippen molar-refractivity contribution in [1.82, 2.24) is 4.90 Å². The van der Waals surface area contributed by atoms with Gasteiger partial charge in [-0.1, -0.05) is 56.0 Å². The molecule has 0 aromatic heterocycles. The summed E-state index contributed by atoms with van der Waals surface area (Å²) in [6, 6.07) is 6.43. The first-order chi connectivity index (χ1) is 10.0. The molecule has 0 saturated heterocycles. The predicted octanol–water partition coefficient (Wildman–Crippen LogP) is 4.89. The van der Waals surface area contributed by atoms with Crippen LogP contribution in [0.5, 0.6) is 0 Å². The van der Waals surface area contributed by atoms with Crippen LogP contribution < -0.4 is 5.73 Å². The Morgan fingerprint density at radius 3 is 2.24 bits per heavy atom. The highest BCUT2D eigenvalue weighted by Gasteiger charge is 2.31. The first kappa shape index (κ1) is 17.1. The Kier molecular flexibility index (Phi) is 6.36. The molecule has 0 radical (unpaired) electrons. The van der Waals surface area contributed by atoms with Gasteiger partial charge in [0.2, 0.25) is 0 Å². The Balaban J connectivity index is 2.34. The van der Waals surface area contributed by atoms with E-state index in [4.69, 9.17) is 28.9 Å². The van der Waals surface area contributed by atoms with Gasteiger partial charge in [-0.05, 0) is 30.9 Å². The number of rotatable bonds is 6. The van der Waals surface area contributed by atoms with Crippen molar-refractivity contribution < 1.29 is 0 Å². The molecule has 118 valence electrons. The predicted molar refractivity (Wildman–Crippen MR) is 92.1 cm³/mol. The van der Waals surface area contributed by atoms with E-state index in [0.29, 0.717) is 18.5 Å². The van der Waals surface area contributed by atoms with Crippen LogP contribution in [0.15, 0.2) is 18.2 Å². The van der Waals surface area contributed by atoms with Gasteiger partial charge >= 0.3 is 0 Å². The molecule has 1 saturated carbocycles. The summed E-state index contributed by atoms with van der Waals surface area (Å²) in [7, 11) is 0. The molecular weight excluding hydrogens is 303 g/mol. The normalized spacial score (nSPS) is 17.9. The van der Waals surface area contributed by atoms with Crippen molar-refractivity contribution in [1.29, 1.82) is 0 Å². The molecule has 2 nitrogen and oxygen atoms in total. The van der Waals surface area contributed by atoms with Crippen LogP contribution in [0, 0.1) is 5.92 Å². The summed E-state index contributed by atoms with van der Waals surface area (Å²) < 4.78 is 0. The number of benzene rings is 1. The van der Waals surface area contributed by atoms with Gasteiger partial charge in [0.05, 0.1) is 6.04 Å². The van der Waals surface area contributed by atoms with Crippen LogP contribution in [0.4, 0.5) is 0 Å². The maximum Gasteiger partial charge on any atom is 0.0503 e. The molecule has 21 heavy (non-hydrogen) atoms. The van der Waals surface area contributed by atoms with Crippen molar-refractivity contribution >= 4 is 23.2 Å². The van der Waals surface area contributed by atoms with Crippen LogP contribution >= 0.6 is 23.2 Å². The highest BCUT2D eigenvalue weighted by molar-refractivity contribution is 6.36. The lowest BCUT2D eigenvalue weighted by Gasteiger charge is -2.38. The molecule has 4 heteroatoms. The molecule has 0 heterocycles. The molecule has 0 aliphatic heterocycles. The zero-order valence-corrected chi connectivity index (χ0v) is 14.5. The van der Waals surface area contributed by atoms with Gasteiger partial charge < -0.3 is 5.73 Å². The number of hydrogen-bond acceptors (Lipinski definition) is 2. The molecular formula is C17H26Cl2N2. The fraction of sp³-hybridized carbons (Fsp3) is 0.647. The standard InChI is InChI=1S/C17H26Cl2N2/c1-12(2)11-21(13-6-3-4-7-13)16(10-20)17-14(18)8-5-9-15(17)19/h5,8-9,12-13,16H,3-4,6-7,10-11,20H2,1-2H3. The Labute approximate surface area is 138 Å². The smallest absolute Gasteiger partial charge is 0.0503 e. The SMILES string of the molecule is CC(C)CN(C1CCCC1)C(CN)c1c(Cl)cccc1Cl. The van der Waals surface area contributed by atoms with Crippen molar-refractivity contribution in [2.24, 2.45) is 11.7 Å². The Bertz CT molecular complexity index is 436. The summed E-state index contributed by atoms with van der Waals surface area (Å²) in [5.74, 6) is 0.598. The lowest BCUT2D eigenvalue weighted by Crippen LogP contribution is -2.42. The van der Waals surface area contributed by atoms with E-state index in [-0.39, 0.29) is 6.04 Å². The van der Waals surface area contributed by atoms with Gasteiger partial charge in [-0.15, -0.1) is 0 Å². The quantitative estimate of drug-likeness (QED) is 0.805. The molecule has 2 N–H and O–H groups in total. The number of hydrogen-bond donors (Lipinski definition) is 1. The highest BCUT2D eigenvalue weighted by Crippen LogP contribution is 2.37. The maximum atomic E-state index is 6.42. The van der Waals surface area contributed by atoms with Crippen molar-refractivity contribution in [3.05, 3.63) is 33.8 Å². The van der Waals surface area contributed by atoms with E-state index in [1.165, 1.54) is 25.7 Å². The Morgan fingerprint density at radius 1 is 1.19 bits per heavy atom. The average Bonchev–Trinajstić information content (AvgIpc) is 2.94. The fourth-order valence-corrected chi connectivity index (χ4v) is 4.09. The van der Waals surface area contributed by atoms with Gasteiger partial charge in [0.25, 0.3) is 0 Å². The van der Waals surface area contributed by atoms with Crippen molar-refractivity contribution in [3.8, 4) is 0 Å². The summed E-state index contributed by atoms with van der Waals surface area (Å²) in [5.41, 5.74) is 7.12. The minimum atomic E-state index is 0.108. The molecule has 1 aliphatic carbocycles. The third-order valence-electron chi connectivity index (χ3n) is 4.33. The summed E-state index contributed by atoms with van der Waals surface area (Å²) >= 11 is 12.8. The molecule has 2 rings (SSSR count). The Hall–Kier alpha value is -0.280. The van der Waals surface area contributed by atoms with Crippen LogP contribution in [0.3, 0.4) is 0 Å². The summed E-state index contributed by atoms with van der Waals surface area (Å²) in [4.78, 5) is 2.55. The van der Waals surface area contributed by atoms with E-state index in [1.807, 2.05) is 18.2 Å². The van der Waals surface area contributed by atoms with Crippen LogP contribution in [-0.4, -0.2) is 24.0 Å². The van der Waals surface area contributed by atoms with Crippen molar-refractivity contribution in [2.75, 3.05) is 13.1 Å². The largest absolute Gasteiger partial charge is 0.329 e. The summed E-state index contributed by atoms with van der Waals surface area (Å²) in [6.07, 6.45) is 5.14. The molecule has 1 aromatic rings. The summed E-state index contributed by atoms with van der Waals surface area (Å²) in [6.45, 7) is 6.09.